The summed E-state index contributed by atoms with van der Waals surface area (Å²) in [5, 5.41) is 0.654. The van der Waals surface area contributed by atoms with Crippen molar-refractivity contribution in [1.29, 1.82) is 0 Å². The van der Waals surface area contributed by atoms with E-state index in [2.05, 4.69) is 0 Å². The number of rotatable bonds is 3. The normalized spacial score (nSPS) is 10.3. The molecule has 2 rings (SSSR count). The first-order chi connectivity index (χ1) is 8.16. The van der Waals surface area contributed by atoms with Crippen LogP contribution in [0.1, 0.15) is 11.1 Å². The zero-order valence-corrected chi connectivity index (χ0v) is 10.2. The molecule has 2 aromatic rings. The van der Waals surface area contributed by atoms with Gasteiger partial charge in [0.1, 0.15) is 18.2 Å². The minimum Gasteiger partial charge on any atom is -0.488 e. The molecule has 1 nitrogen and oxygen atoms in total. The van der Waals surface area contributed by atoms with Gasteiger partial charge in [0.05, 0.1) is 0 Å². The van der Waals surface area contributed by atoms with Crippen LogP contribution in [0.4, 0.5) is 4.39 Å². The van der Waals surface area contributed by atoms with Crippen molar-refractivity contribution in [3.05, 3.63) is 64.4 Å². The summed E-state index contributed by atoms with van der Waals surface area (Å²) in [4.78, 5) is 0. The Morgan fingerprint density at radius 2 is 1.94 bits per heavy atom. The van der Waals surface area contributed by atoms with Crippen LogP contribution in [0, 0.1) is 12.7 Å². The summed E-state index contributed by atoms with van der Waals surface area (Å²) in [5.74, 6) is 0.245. The maximum atomic E-state index is 13.0. The molecule has 0 fully saturated rings. The van der Waals surface area contributed by atoms with Crippen LogP contribution in [0.15, 0.2) is 42.5 Å². The van der Waals surface area contributed by atoms with Gasteiger partial charge in [-0.1, -0.05) is 35.9 Å². The molecule has 3 heteroatoms. The highest BCUT2D eigenvalue weighted by atomic mass is 35.5. The van der Waals surface area contributed by atoms with Crippen molar-refractivity contribution >= 4 is 11.6 Å². The number of hydrogen-bond donors (Lipinski definition) is 0. The van der Waals surface area contributed by atoms with Crippen molar-refractivity contribution < 1.29 is 9.13 Å². The van der Waals surface area contributed by atoms with Gasteiger partial charge in [0.25, 0.3) is 0 Å². The van der Waals surface area contributed by atoms with Gasteiger partial charge in [0.15, 0.2) is 0 Å². The largest absolute Gasteiger partial charge is 0.488 e. The molecule has 0 spiro atoms. The van der Waals surface area contributed by atoms with E-state index in [-0.39, 0.29) is 5.82 Å². The molecule has 0 aliphatic carbocycles. The van der Waals surface area contributed by atoms with Crippen LogP contribution in [0.2, 0.25) is 5.02 Å². The van der Waals surface area contributed by atoms with Crippen LogP contribution in [0.5, 0.6) is 5.75 Å². The van der Waals surface area contributed by atoms with Gasteiger partial charge in [-0.3, -0.25) is 0 Å². The smallest absolute Gasteiger partial charge is 0.126 e. The van der Waals surface area contributed by atoms with Crippen LogP contribution < -0.4 is 4.74 Å². The molecule has 0 aliphatic rings. The summed E-state index contributed by atoms with van der Waals surface area (Å²) in [6, 6.07) is 11.9. The maximum Gasteiger partial charge on any atom is 0.126 e. The van der Waals surface area contributed by atoms with Gasteiger partial charge in [-0.25, -0.2) is 4.39 Å². The second-order valence-electron chi connectivity index (χ2n) is 3.79. The Morgan fingerprint density at radius 1 is 1.18 bits per heavy atom. The first-order valence-corrected chi connectivity index (χ1v) is 5.67. The molecule has 0 N–H and O–H groups in total. The van der Waals surface area contributed by atoms with Crippen LogP contribution in [0.3, 0.4) is 0 Å². The molecule has 0 aromatic heterocycles. The minimum atomic E-state index is -0.301. The standard InChI is InChI=1S/C14H12ClFO/c1-10-6-7-12(16)8-14(10)17-9-11-4-2-3-5-13(11)15/h2-8H,9H2,1H3. The van der Waals surface area contributed by atoms with Crippen molar-refractivity contribution in [2.24, 2.45) is 0 Å². The van der Waals surface area contributed by atoms with E-state index in [9.17, 15) is 4.39 Å². The molecule has 0 bridgehead atoms. The lowest BCUT2D eigenvalue weighted by Crippen LogP contribution is -1.98. The van der Waals surface area contributed by atoms with Crippen molar-refractivity contribution in [3.8, 4) is 5.75 Å². The van der Waals surface area contributed by atoms with E-state index in [1.165, 1.54) is 12.1 Å². The summed E-state index contributed by atoms with van der Waals surface area (Å²) in [5.41, 5.74) is 1.79. The second-order valence-corrected chi connectivity index (χ2v) is 4.20. The average Bonchev–Trinajstić information content (AvgIpc) is 2.32. The van der Waals surface area contributed by atoms with Crippen LogP contribution in [0.25, 0.3) is 0 Å². The quantitative estimate of drug-likeness (QED) is 0.786. The Hall–Kier alpha value is -1.54. The number of halogens is 2. The lowest BCUT2D eigenvalue weighted by Gasteiger charge is -2.10. The highest BCUT2D eigenvalue weighted by Crippen LogP contribution is 2.22. The van der Waals surface area contributed by atoms with E-state index in [0.717, 1.165) is 11.1 Å². The topological polar surface area (TPSA) is 9.23 Å². The number of aryl methyl sites for hydroxylation is 1. The zero-order valence-electron chi connectivity index (χ0n) is 9.41. The SMILES string of the molecule is Cc1ccc(F)cc1OCc1ccccc1Cl. The van der Waals surface area contributed by atoms with Gasteiger partial charge in [-0.2, -0.15) is 0 Å². The third-order valence-electron chi connectivity index (χ3n) is 2.49. The predicted octanol–water partition coefficient (Wildman–Crippen LogP) is 4.37. The Bertz CT molecular complexity index is 525. The fraction of sp³-hybridized carbons (Fsp3) is 0.143. The fourth-order valence-corrected chi connectivity index (χ4v) is 1.69. The second kappa shape index (κ2) is 5.19. The van der Waals surface area contributed by atoms with Crippen LogP contribution in [-0.2, 0) is 6.61 Å². The Labute approximate surface area is 105 Å². The lowest BCUT2D eigenvalue weighted by atomic mass is 10.2. The van der Waals surface area contributed by atoms with E-state index in [1.54, 1.807) is 12.1 Å². The van der Waals surface area contributed by atoms with Gasteiger partial charge in [-0.05, 0) is 24.6 Å². The molecular weight excluding hydrogens is 239 g/mol. The number of ether oxygens (including phenoxy) is 1. The van der Waals surface area contributed by atoms with Crippen molar-refractivity contribution in [2.75, 3.05) is 0 Å². The summed E-state index contributed by atoms with van der Waals surface area (Å²) in [6.07, 6.45) is 0. The van der Waals surface area contributed by atoms with Gasteiger partial charge in [0, 0.05) is 16.7 Å². The van der Waals surface area contributed by atoms with Gasteiger partial charge in [0.2, 0.25) is 0 Å². The van der Waals surface area contributed by atoms with Gasteiger partial charge < -0.3 is 4.74 Å². The molecule has 0 aliphatic heterocycles. The van der Waals surface area contributed by atoms with Crippen molar-refractivity contribution in [3.63, 3.8) is 0 Å². The predicted molar refractivity (Wildman–Crippen MR) is 66.9 cm³/mol. The number of benzene rings is 2. The van der Waals surface area contributed by atoms with Crippen LogP contribution in [-0.4, -0.2) is 0 Å². The van der Waals surface area contributed by atoms with E-state index in [1.807, 2.05) is 25.1 Å². The molecule has 0 radical (unpaired) electrons. The van der Waals surface area contributed by atoms with E-state index in [4.69, 9.17) is 16.3 Å². The Kier molecular flexibility index (Phi) is 3.64. The first kappa shape index (κ1) is 11.9. The molecule has 2 aromatic carbocycles. The van der Waals surface area contributed by atoms with Crippen LogP contribution >= 0.6 is 11.6 Å². The molecule has 0 heterocycles. The van der Waals surface area contributed by atoms with E-state index >= 15 is 0 Å². The van der Waals surface area contributed by atoms with Crippen molar-refractivity contribution in [1.82, 2.24) is 0 Å². The third-order valence-corrected chi connectivity index (χ3v) is 2.86. The summed E-state index contributed by atoms with van der Waals surface area (Å²) in [6.45, 7) is 2.21. The average molecular weight is 251 g/mol. The summed E-state index contributed by atoms with van der Waals surface area (Å²) >= 11 is 6.01. The Balaban J connectivity index is 2.12. The number of hydrogen-bond acceptors (Lipinski definition) is 1. The summed E-state index contributed by atoms with van der Waals surface area (Å²) < 4.78 is 18.6. The minimum absolute atomic E-state index is 0.301. The zero-order chi connectivity index (χ0) is 12.3. The highest BCUT2D eigenvalue weighted by Gasteiger charge is 2.04. The lowest BCUT2D eigenvalue weighted by molar-refractivity contribution is 0.302. The molecule has 0 unspecified atom stereocenters. The Morgan fingerprint density at radius 3 is 2.71 bits per heavy atom. The molecule has 17 heavy (non-hydrogen) atoms. The molecule has 0 atom stereocenters. The van der Waals surface area contributed by atoms with Gasteiger partial charge >= 0.3 is 0 Å². The molecular formula is C14H12ClFO. The third kappa shape index (κ3) is 2.98. The van der Waals surface area contributed by atoms with E-state index < -0.39 is 0 Å². The first-order valence-electron chi connectivity index (χ1n) is 5.29. The summed E-state index contributed by atoms with van der Waals surface area (Å²) in [7, 11) is 0. The van der Waals surface area contributed by atoms with Crippen molar-refractivity contribution in [2.45, 2.75) is 13.5 Å². The monoisotopic (exact) mass is 250 g/mol. The molecule has 0 saturated heterocycles. The molecule has 88 valence electrons. The van der Waals surface area contributed by atoms with E-state index in [0.29, 0.717) is 17.4 Å². The molecule has 0 amide bonds. The highest BCUT2D eigenvalue weighted by molar-refractivity contribution is 6.31. The fourth-order valence-electron chi connectivity index (χ4n) is 1.50. The van der Waals surface area contributed by atoms with Gasteiger partial charge in [-0.15, -0.1) is 0 Å². The molecule has 0 saturated carbocycles. The maximum absolute atomic E-state index is 13.0.